The highest BCUT2D eigenvalue weighted by Crippen LogP contribution is 2.23. The predicted octanol–water partition coefficient (Wildman–Crippen LogP) is 3.20. The van der Waals surface area contributed by atoms with Crippen molar-refractivity contribution in [1.82, 2.24) is 10.6 Å². The monoisotopic (exact) mass is 238 g/mol. The number of rotatable bonds is 2. The van der Waals surface area contributed by atoms with Crippen molar-refractivity contribution in [3.05, 3.63) is 0 Å². The van der Waals surface area contributed by atoms with Gasteiger partial charge < -0.3 is 10.6 Å². The third-order valence-corrected chi connectivity index (χ3v) is 4.29. The van der Waals surface area contributed by atoms with Crippen molar-refractivity contribution in [2.75, 3.05) is 0 Å². The smallest absolute Gasteiger partial charge is 0.315 e. The van der Waals surface area contributed by atoms with E-state index in [1.54, 1.807) is 0 Å². The molecular formula is C14H26N2O. The van der Waals surface area contributed by atoms with E-state index in [4.69, 9.17) is 0 Å². The van der Waals surface area contributed by atoms with Gasteiger partial charge in [-0.05, 0) is 44.4 Å². The van der Waals surface area contributed by atoms with Crippen molar-refractivity contribution >= 4 is 6.03 Å². The molecule has 2 rings (SSSR count). The number of amides is 2. The van der Waals surface area contributed by atoms with Gasteiger partial charge in [-0.2, -0.15) is 0 Å². The van der Waals surface area contributed by atoms with Crippen LogP contribution in [0.3, 0.4) is 0 Å². The lowest BCUT2D eigenvalue weighted by Gasteiger charge is -2.29. The lowest BCUT2D eigenvalue weighted by Crippen LogP contribution is -2.47. The summed E-state index contributed by atoms with van der Waals surface area (Å²) in [7, 11) is 0. The zero-order valence-corrected chi connectivity index (χ0v) is 11.0. The number of nitrogens with one attached hydrogen (secondary N) is 2. The van der Waals surface area contributed by atoms with Gasteiger partial charge in [0.15, 0.2) is 0 Å². The molecular weight excluding hydrogens is 212 g/mol. The topological polar surface area (TPSA) is 41.1 Å². The number of carbonyl (C=O) groups is 1. The summed E-state index contributed by atoms with van der Waals surface area (Å²) in [5.41, 5.74) is 0. The lowest BCUT2D eigenvalue weighted by atomic mass is 9.87. The van der Waals surface area contributed by atoms with Crippen LogP contribution in [0, 0.1) is 5.92 Å². The largest absolute Gasteiger partial charge is 0.335 e. The minimum atomic E-state index is 0.0662. The average molecular weight is 238 g/mol. The van der Waals surface area contributed by atoms with Gasteiger partial charge in [0, 0.05) is 12.1 Å². The van der Waals surface area contributed by atoms with Crippen LogP contribution in [-0.2, 0) is 0 Å². The van der Waals surface area contributed by atoms with Crippen molar-refractivity contribution < 1.29 is 4.79 Å². The van der Waals surface area contributed by atoms with Crippen LogP contribution >= 0.6 is 0 Å². The molecule has 0 bridgehead atoms. The number of hydrogen-bond acceptors (Lipinski definition) is 1. The van der Waals surface area contributed by atoms with Crippen LogP contribution in [0.2, 0.25) is 0 Å². The first-order chi connectivity index (χ1) is 8.24. The fourth-order valence-corrected chi connectivity index (χ4v) is 3.06. The summed E-state index contributed by atoms with van der Waals surface area (Å²) in [6.45, 7) is 2.30. The number of urea groups is 1. The van der Waals surface area contributed by atoms with E-state index in [0.29, 0.717) is 12.1 Å². The predicted molar refractivity (Wildman–Crippen MR) is 70.0 cm³/mol. The molecule has 17 heavy (non-hydrogen) atoms. The molecule has 0 saturated heterocycles. The molecule has 0 radical (unpaired) electrons. The Morgan fingerprint density at radius 1 is 0.824 bits per heavy atom. The van der Waals surface area contributed by atoms with Gasteiger partial charge in [-0.3, -0.25) is 0 Å². The van der Waals surface area contributed by atoms with Gasteiger partial charge >= 0.3 is 6.03 Å². The molecule has 2 fully saturated rings. The van der Waals surface area contributed by atoms with E-state index in [-0.39, 0.29) is 6.03 Å². The maximum atomic E-state index is 11.8. The van der Waals surface area contributed by atoms with Crippen molar-refractivity contribution in [3.8, 4) is 0 Å². The SMILES string of the molecule is C[C@H]1CC[C@H](NC(=O)NC2CCCCC2)CC1. The molecule has 3 heteroatoms. The van der Waals surface area contributed by atoms with Crippen LogP contribution in [0.5, 0.6) is 0 Å². The Balaban J connectivity index is 1.66. The molecule has 2 aliphatic rings. The Morgan fingerprint density at radius 3 is 1.94 bits per heavy atom. The van der Waals surface area contributed by atoms with Gasteiger partial charge in [0.25, 0.3) is 0 Å². The third-order valence-electron chi connectivity index (χ3n) is 4.29. The van der Waals surface area contributed by atoms with Crippen LogP contribution in [-0.4, -0.2) is 18.1 Å². The first-order valence-electron chi connectivity index (χ1n) is 7.31. The maximum absolute atomic E-state index is 11.8. The van der Waals surface area contributed by atoms with Crippen LogP contribution < -0.4 is 10.6 Å². The summed E-state index contributed by atoms with van der Waals surface area (Å²) in [5.74, 6) is 0.842. The van der Waals surface area contributed by atoms with E-state index in [2.05, 4.69) is 17.6 Å². The van der Waals surface area contributed by atoms with Crippen LogP contribution in [0.4, 0.5) is 4.79 Å². The van der Waals surface area contributed by atoms with Crippen LogP contribution in [0.25, 0.3) is 0 Å². The molecule has 0 aromatic rings. The lowest BCUT2D eigenvalue weighted by molar-refractivity contribution is 0.221. The van der Waals surface area contributed by atoms with Crippen molar-refractivity contribution in [1.29, 1.82) is 0 Å². The highest BCUT2D eigenvalue weighted by atomic mass is 16.2. The molecule has 0 atom stereocenters. The Labute approximate surface area is 105 Å². The molecule has 98 valence electrons. The fraction of sp³-hybridized carbons (Fsp3) is 0.929. The summed E-state index contributed by atoms with van der Waals surface area (Å²) in [6, 6.07) is 0.900. The van der Waals surface area contributed by atoms with Gasteiger partial charge in [-0.25, -0.2) is 4.79 Å². The number of hydrogen-bond donors (Lipinski definition) is 2. The van der Waals surface area contributed by atoms with Gasteiger partial charge in [-0.1, -0.05) is 26.2 Å². The Kier molecular flexibility index (Phi) is 4.69. The Bertz CT molecular complexity index is 241. The fourth-order valence-electron chi connectivity index (χ4n) is 3.06. The molecule has 2 saturated carbocycles. The van der Waals surface area contributed by atoms with Crippen molar-refractivity contribution in [2.24, 2.45) is 5.92 Å². The third kappa shape index (κ3) is 4.21. The van der Waals surface area contributed by atoms with E-state index in [1.165, 1.54) is 32.1 Å². The van der Waals surface area contributed by atoms with Crippen molar-refractivity contribution in [2.45, 2.75) is 76.8 Å². The zero-order chi connectivity index (χ0) is 12.1. The average Bonchev–Trinajstić information content (AvgIpc) is 2.33. The molecule has 2 N–H and O–H groups in total. The summed E-state index contributed by atoms with van der Waals surface area (Å²) in [4.78, 5) is 11.8. The summed E-state index contributed by atoms with van der Waals surface area (Å²) in [6.07, 6.45) is 11.0. The molecule has 0 aromatic heterocycles. The molecule has 0 spiro atoms. The normalized spacial score (nSPS) is 30.9. The molecule has 0 aliphatic heterocycles. The van der Waals surface area contributed by atoms with Gasteiger partial charge in [-0.15, -0.1) is 0 Å². The Hall–Kier alpha value is -0.730. The number of carbonyl (C=O) groups excluding carboxylic acids is 1. The first kappa shape index (κ1) is 12.7. The zero-order valence-electron chi connectivity index (χ0n) is 11.0. The van der Waals surface area contributed by atoms with E-state index in [0.717, 1.165) is 31.6 Å². The van der Waals surface area contributed by atoms with E-state index in [1.807, 2.05) is 0 Å². The van der Waals surface area contributed by atoms with Gasteiger partial charge in [0.2, 0.25) is 0 Å². The second-order valence-corrected chi connectivity index (χ2v) is 5.91. The molecule has 0 aromatic carbocycles. The maximum Gasteiger partial charge on any atom is 0.315 e. The van der Waals surface area contributed by atoms with Gasteiger partial charge in [0.05, 0.1) is 0 Å². The minimum absolute atomic E-state index is 0.0662. The van der Waals surface area contributed by atoms with E-state index in [9.17, 15) is 4.79 Å². The quantitative estimate of drug-likeness (QED) is 0.762. The first-order valence-corrected chi connectivity index (χ1v) is 7.31. The summed E-state index contributed by atoms with van der Waals surface area (Å²) >= 11 is 0. The molecule has 2 amide bonds. The van der Waals surface area contributed by atoms with Crippen LogP contribution in [0.15, 0.2) is 0 Å². The van der Waals surface area contributed by atoms with E-state index < -0.39 is 0 Å². The van der Waals surface area contributed by atoms with Crippen molar-refractivity contribution in [3.63, 3.8) is 0 Å². The van der Waals surface area contributed by atoms with Crippen LogP contribution in [0.1, 0.15) is 64.7 Å². The Morgan fingerprint density at radius 2 is 1.35 bits per heavy atom. The highest BCUT2D eigenvalue weighted by molar-refractivity contribution is 5.74. The molecule has 0 unspecified atom stereocenters. The highest BCUT2D eigenvalue weighted by Gasteiger charge is 2.21. The minimum Gasteiger partial charge on any atom is -0.335 e. The molecule has 0 heterocycles. The summed E-state index contributed by atoms with van der Waals surface area (Å²) in [5, 5.41) is 6.26. The summed E-state index contributed by atoms with van der Waals surface area (Å²) < 4.78 is 0. The van der Waals surface area contributed by atoms with E-state index >= 15 is 0 Å². The second-order valence-electron chi connectivity index (χ2n) is 5.91. The standard InChI is InChI=1S/C14H26N2O/c1-11-7-9-13(10-8-11)16-14(17)15-12-5-3-2-4-6-12/h11-13H,2-10H2,1H3,(H2,15,16,17)/t11-,13-. The molecule has 2 aliphatic carbocycles. The second kappa shape index (κ2) is 6.27. The molecule has 3 nitrogen and oxygen atoms in total. The van der Waals surface area contributed by atoms with Gasteiger partial charge in [0.1, 0.15) is 0 Å².